The molecule has 3 nitrogen and oxygen atoms in total. The highest BCUT2D eigenvalue weighted by molar-refractivity contribution is 4.84. The second kappa shape index (κ2) is 8.04. The summed E-state index contributed by atoms with van der Waals surface area (Å²) in [6, 6.07) is 0.450. The highest BCUT2D eigenvalue weighted by Crippen LogP contribution is 2.19. The van der Waals surface area contributed by atoms with Crippen molar-refractivity contribution in [2.75, 3.05) is 33.9 Å². The zero-order valence-electron chi connectivity index (χ0n) is 12.0. The largest absolute Gasteiger partial charge is 0.383 e. The number of hydrogen-bond acceptors (Lipinski definition) is 3. The Kier molecular flexibility index (Phi) is 7.98. The van der Waals surface area contributed by atoms with Gasteiger partial charge < -0.3 is 10.1 Å². The molecule has 1 N–H and O–H groups in total. The van der Waals surface area contributed by atoms with Gasteiger partial charge in [-0.1, -0.05) is 13.8 Å². The lowest BCUT2D eigenvalue weighted by Gasteiger charge is -2.40. The molecule has 0 rings (SSSR count). The molecule has 0 aromatic carbocycles. The third-order valence-electron chi connectivity index (χ3n) is 3.53. The van der Waals surface area contributed by atoms with Crippen molar-refractivity contribution in [1.29, 1.82) is 0 Å². The standard InChI is InChI=1S/C13H30N2O/c1-7-9-14-10-12(11-16-6)15(5)13(3,4)8-2/h12,14H,7-11H2,1-6H3. The molecule has 0 fully saturated rings. The van der Waals surface area contributed by atoms with Gasteiger partial charge in [0.15, 0.2) is 0 Å². The van der Waals surface area contributed by atoms with E-state index in [0.717, 1.165) is 26.1 Å². The van der Waals surface area contributed by atoms with Gasteiger partial charge in [0, 0.05) is 25.2 Å². The van der Waals surface area contributed by atoms with Gasteiger partial charge in [0.25, 0.3) is 0 Å². The maximum atomic E-state index is 5.31. The topological polar surface area (TPSA) is 24.5 Å². The normalized spacial score (nSPS) is 14.4. The molecule has 0 aliphatic rings. The second-order valence-corrected chi connectivity index (χ2v) is 5.09. The summed E-state index contributed by atoms with van der Waals surface area (Å²) in [6.07, 6.45) is 2.33. The first kappa shape index (κ1) is 15.9. The van der Waals surface area contributed by atoms with Crippen LogP contribution in [-0.4, -0.2) is 50.3 Å². The van der Waals surface area contributed by atoms with E-state index in [9.17, 15) is 0 Å². The SMILES string of the molecule is CCCNCC(COC)N(C)C(C)(C)CC. The molecule has 0 radical (unpaired) electrons. The number of likely N-dealkylation sites (N-methyl/N-ethyl adjacent to an activating group) is 1. The van der Waals surface area contributed by atoms with E-state index >= 15 is 0 Å². The van der Waals surface area contributed by atoms with Gasteiger partial charge in [0.2, 0.25) is 0 Å². The molecule has 0 spiro atoms. The Morgan fingerprint density at radius 3 is 2.38 bits per heavy atom. The van der Waals surface area contributed by atoms with Gasteiger partial charge >= 0.3 is 0 Å². The minimum Gasteiger partial charge on any atom is -0.383 e. The van der Waals surface area contributed by atoms with E-state index in [4.69, 9.17) is 4.74 Å². The average Bonchev–Trinajstić information content (AvgIpc) is 2.27. The lowest BCUT2D eigenvalue weighted by Crippen LogP contribution is -2.52. The van der Waals surface area contributed by atoms with Gasteiger partial charge in [-0.25, -0.2) is 0 Å². The summed E-state index contributed by atoms with van der Waals surface area (Å²) in [7, 11) is 3.97. The Hall–Kier alpha value is -0.120. The van der Waals surface area contributed by atoms with E-state index in [1.165, 1.54) is 6.42 Å². The van der Waals surface area contributed by atoms with Crippen LogP contribution in [0.5, 0.6) is 0 Å². The Bertz CT molecular complexity index is 171. The van der Waals surface area contributed by atoms with Crippen LogP contribution >= 0.6 is 0 Å². The number of nitrogens with zero attached hydrogens (tertiary/aromatic N) is 1. The predicted octanol–water partition coefficient (Wildman–Crippen LogP) is 2.12. The Labute approximate surface area is 102 Å². The van der Waals surface area contributed by atoms with Crippen LogP contribution in [0, 0.1) is 0 Å². The highest BCUT2D eigenvalue weighted by Gasteiger charge is 2.27. The van der Waals surface area contributed by atoms with Gasteiger partial charge in [-0.2, -0.15) is 0 Å². The van der Waals surface area contributed by atoms with Crippen molar-refractivity contribution < 1.29 is 4.74 Å². The van der Waals surface area contributed by atoms with Crippen LogP contribution in [0.1, 0.15) is 40.5 Å². The zero-order chi connectivity index (χ0) is 12.6. The molecule has 16 heavy (non-hydrogen) atoms. The monoisotopic (exact) mass is 230 g/mol. The summed E-state index contributed by atoms with van der Waals surface area (Å²) in [5, 5.41) is 3.48. The number of rotatable bonds is 9. The molecule has 0 saturated heterocycles. The molecule has 0 bridgehead atoms. The lowest BCUT2D eigenvalue weighted by atomic mass is 9.98. The molecule has 1 unspecified atom stereocenters. The molecule has 0 aliphatic heterocycles. The molecule has 98 valence electrons. The van der Waals surface area contributed by atoms with Crippen molar-refractivity contribution in [3.05, 3.63) is 0 Å². The third-order valence-corrected chi connectivity index (χ3v) is 3.53. The van der Waals surface area contributed by atoms with E-state index in [1.54, 1.807) is 7.11 Å². The molecule has 0 amide bonds. The average molecular weight is 230 g/mol. The van der Waals surface area contributed by atoms with Crippen LogP contribution in [0.2, 0.25) is 0 Å². The van der Waals surface area contributed by atoms with E-state index in [-0.39, 0.29) is 5.54 Å². The Morgan fingerprint density at radius 2 is 1.94 bits per heavy atom. The van der Waals surface area contributed by atoms with Gasteiger partial charge in [-0.3, -0.25) is 4.90 Å². The van der Waals surface area contributed by atoms with Crippen LogP contribution in [0.25, 0.3) is 0 Å². The Morgan fingerprint density at radius 1 is 1.31 bits per heavy atom. The van der Waals surface area contributed by atoms with Crippen molar-refractivity contribution in [3.63, 3.8) is 0 Å². The van der Waals surface area contributed by atoms with Gasteiger partial charge in [0.1, 0.15) is 0 Å². The molecule has 3 heteroatoms. The molecule has 0 aliphatic carbocycles. The molecule has 0 aromatic rings. The van der Waals surface area contributed by atoms with Crippen molar-refractivity contribution in [2.45, 2.75) is 52.1 Å². The van der Waals surface area contributed by atoms with Crippen LogP contribution in [0.15, 0.2) is 0 Å². The molecule has 0 heterocycles. The maximum absolute atomic E-state index is 5.31. The summed E-state index contributed by atoms with van der Waals surface area (Å²) in [5.74, 6) is 0. The third kappa shape index (κ3) is 5.28. The number of hydrogen-bond donors (Lipinski definition) is 1. The fourth-order valence-corrected chi connectivity index (χ4v) is 1.69. The molecular weight excluding hydrogens is 200 g/mol. The van der Waals surface area contributed by atoms with E-state index in [2.05, 4.69) is 45.0 Å². The second-order valence-electron chi connectivity index (χ2n) is 5.09. The maximum Gasteiger partial charge on any atom is 0.0630 e. The summed E-state index contributed by atoms with van der Waals surface area (Å²) in [6.45, 7) is 11.9. The van der Waals surface area contributed by atoms with Gasteiger partial charge in [-0.15, -0.1) is 0 Å². The van der Waals surface area contributed by atoms with Crippen molar-refractivity contribution in [1.82, 2.24) is 10.2 Å². The zero-order valence-corrected chi connectivity index (χ0v) is 12.0. The number of nitrogens with one attached hydrogen (secondary N) is 1. The van der Waals surface area contributed by atoms with E-state index in [0.29, 0.717) is 6.04 Å². The van der Waals surface area contributed by atoms with Gasteiger partial charge in [0.05, 0.1) is 6.61 Å². The first-order valence-electron chi connectivity index (χ1n) is 6.42. The van der Waals surface area contributed by atoms with Crippen molar-refractivity contribution >= 4 is 0 Å². The Balaban J connectivity index is 4.27. The van der Waals surface area contributed by atoms with Crippen LogP contribution < -0.4 is 5.32 Å². The van der Waals surface area contributed by atoms with Crippen molar-refractivity contribution in [3.8, 4) is 0 Å². The summed E-state index contributed by atoms with van der Waals surface area (Å²) in [4.78, 5) is 2.43. The van der Waals surface area contributed by atoms with Crippen molar-refractivity contribution in [2.24, 2.45) is 0 Å². The number of methoxy groups -OCH3 is 1. The fourth-order valence-electron chi connectivity index (χ4n) is 1.69. The molecule has 1 atom stereocenters. The minimum atomic E-state index is 0.233. The fraction of sp³-hybridized carbons (Fsp3) is 1.00. The minimum absolute atomic E-state index is 0.233. The number of ether oxygens (including phenoxy) is 1. The summed E-state index contributed by atoms with van der Waals surface area (Å²) >= 11 is 0. The summed E-state index contributed by atoms with van der Waals surface area (Å²) < 4.78 is 5.31. The smallest absolute Gasteiger partial charge is 0.0630 e. The summed E-state index contributed by atoms with van der Waals surface area (Å²) in [5.41, 5.74) is 0.233. The predicted molar refractivity (Wildman–Crippen MR) is 71.0 cm³/mol. The van der Waals surface area contributed by atoms with Gasteiger partial charge in [-0.05, 0) is 40.3 Å². The first-order chi connectivity index (χ1) is 7.49. The van der Waals surface area contributed by atoms with Crippen LogP contribution in [0.4, 0.5) is 0 Å². The quantitative estimate of drug-likeness (QED) is 0.614. The lowest BCUT2D eigenvalue weighted by molar-refractivity contribution is 0.0419. The molecule has 0 aromatic heterocycles. The van der Waals surface area contributed by atoms with Crippen LogP contribution in [-0.2, 0) is 4.74 Å². The first-order valence-corrected chi connectivity index (χ1v) is 6.42. The van der Waals surface area contributed by atoms with E-state index < -0.39 is 0 Å². The van der Waals surface area contributed by atoms with E-state index in [1.807, 2.05) is 0 Å². The van der Waals surface area contributed by atoms with Crippen LogP contribution in [0.3, 0.4) is 0 Å². The molecular formula is C13H30N2O. The highest BCUT2D eigenvalue weighted by atomic mass is 16.5. The molecule has 0 saturated carbocycles.